The summed E-state index contributed by atoms with van der Waals surface area (Å²) in [5.41, 5.74) is 0. The highest BCUT2D eigenvalue weighted by Gasteiger charge is 2.30. The van der Waals surface area contributed by atoms with Crippen LogP contribution in [0, 0.1) is 17.8 Å². The van der Waals surface area contributed by atoms with Gasteiger partial charge in [-0.25, -0.2) is 9.13 Å². The zero-order valence-electron chi connectivity index (χ0n) is 66.4. The number of carbonyl (C=O) groups is 4. The van der Waals surface area contributed by atoms with Crippen molar-refractivity contribution in [1.82, 2.24) is 0 Å². The first kappa shape index (κ1) is 99.1. The Labute approximate surface area is 619 Å². The first-order valence-electron chi connectivity index (χ1n) is 42.4. The van der Waals surface area contributed by atoms with Crippen molar-refractivity contribution in [3.05, 3.63) is 0 Å². The van der Waals surface area contributed by atoms with Gasteiger partial charge in [0.2, 0.25) is 0 Å². The topological polar surface area (TPSA) is 237 Å². The van der Waals surface area contributed by atoms with Crippen LogP contribution in [0.4, 0.5) is 0 Å². The summed E-state index contributed by atoms with van der Waals surface area (Å²) in [4.78, 5) is 73.0. The maximum atomic E-state index is 13.1. The summed E-state index contributed by atoms with van der Waals surface area (Å²) < 4.78 is 68.7. The average Bonchev–Trinajstić information content (AvgIpc) is 1.09. The van der Waals surface area contributed by atoms with Crippen LogP contribution in [0.1, 0.15) is 427 Å². The zero-order valence-corrected chi connectivity index (χ0v) is 68.2. The highest BCUT2D eigenvalue weighted by atomic mass is 31.2. The van der Waals surface area contributed by atoms with Crippen LogP contribution in [0.3, 0.4) is 0 Å². The van der Waals surface area contributed by atoms with Crippen molar-refractivity contribution in [2.45, 2.75) is 446 Å². The first-order valence-corrected chi connectivity index (χ1v) is 45.4. The number of hydrogen-bond donors (Lipinski definition) is 3. The number of phosphoric acid groups is 2. The summed E-state index contributed by atoms with van der Waals surface area (Å²) in [6.45, 7) is 12.0. The Kier molecular flexibility index (Phi) is 70.9. The Balaban J connectivity index is 5.22. The summed E-state index contributed by atoms with van der Waals surface area (Å²) in [5, 5.41) is 10.6. The normalized spacial score (nSPS) is 14.2. The second-order valence-corrected chi connectivity index (χ2v) is 33.6. The van der Waals surface area contributed by atoms with Crippen LogP contribution in [0.25, 0.3) is 0 Å². The van der Waals surface area contributed by atoms with Gasteiger partial charge in [0.1, 0.15) is 19.3 Å². The molecule has 0 aromatic carbocycles. The molecule has 101 heavy (non-hydrogen) atoms. The minimum atomic E-state index is -4.96. The second-order valence-electron chi connectivity index (χ2n) is 30.7. The second kappa shape index (κ2) is 72.3. The van der Waals surface area contributed by atoms with Gasteiger partial charge in [-0.15, -0.1) is 0 Å². The van der Waals surface area contributed by atoms with Crippen LogP contribution < -0.4 is 0 Å². The number of hydrogen-bond acceptors (Lipinski definition) is 15. The molecular formula is C82H160O17P2. The third-order valence-electron chi connectivity index (χ3n) is 19.5. The minimum Gasteiger partial charge on any atom is -0.462 e. The molecule has 0 rings (SSSR count). The number of phosphoric ester groups is 2. The molecule has 0 saturated heterocycles. The molecule has 0 heterocycles. The molecule has 0 radical (unpaired) electrons. The van der Waals surface area contributed by atoms with Crippen LogP contribution in [-0.4, -0.2) is 96.7 Å². The summed E-state index contributed by atoms with van der Waals surface area (Å²) in [5.74, 6) is 0.285. The molecule has 0 bridgehead atoms. The van der Waals surface area contributed by atoms with E-state index in [0.717, 1.165) is 108 Å². The lowest BCUT2D eigenvalue weighted by molar-refractivity contribution is -0.161. The Hall–Kier alpha value is -1.94. The molecule has 3 unspecified atom stereocenters. The van der Waals surface area contributed by atoms with Gasteiger partial charge in [-0.05, 0) is 43.4 Å². The molecule has 0 saturated carbocycles. The molecule has 0 aliphatic carbocycles. The predicted octanol–water partition coefficient (Wildman–Crippen LogP) is 24.5. The number of rotatable bonds is 80. The van der Waals surface area contributed by atoms with Crippen LogP contribution >= 0.6 is 15.6 Å². The smallest absolute Gasteiger partial charge is 0.462 e. The maximum absolute atomic E-state index is 13.1. The van der Waals surface area contributed by atoms with Gasteiger partial charge in [0, 0.05) is 25.7 Å². The highest BCUT2D eigenvalue weighted by Crippen LogP contribution is 2.45. The summed E-state index contributed by atoms with van der Waals surface area (Å²) >= 11 is 0. The summed E-state index contributed by atoms with van der Waals surface area (Å²) in [6.07, 6.45) is 61.1. The van der Waals surface area contributed by atoms with Crippen molar-refractivity contribution >= 4 is 39.5 Å². The number of aliphatic hydroxyl groups is 1. The van der Waals surface area contributed by atoms with Crippen molar-refractivity contribution in [3.63, 3.8) is 0 Å². The number of ether oxygens (including phenoxy) is 4. The van der Waals surface area contributed by atoms with Gasteiger partial charge in [-0.1, -0.05) is 376 Å². The van der Waals surface area contributed by atoms with Gasteiger partial charge in [0.05, 0.1) is 26.4 Å². The van der Waals surface area contributed by atoms with E-state index in [0.29, 0.717) is 25.7 Å². The van der Waals surface area contributed by atoms with E-state index in [4.69, 9.17) is 37.0 Å². The lowest BCUT2D eigenvalue weighted by atomic mass is 9.99. The van der Waals surface area contributed by atoms with E-state index < -0.39 is 97.5 Å². The molecule has 6 atom stereocenters. The standard InChI is InChI=1S/C82H160O17P2/c1-8-10-11-12-13-14-34-42-49-56-63-79(84)92-70-78(99-82(87)66-59-52-45-38-37-41-48-55-62-75(7)9-2)72-97-101(90,91)95-68-76(83)67-94-100(88,89)96-71-77(69-93-80(85)64-57-50-43-35-30-26-23-19-21-25-29-33-40-47-54-61-74(5)6)98-81(86)65-58-51-44-36-31-27-22-18-16-15-17-20-24-28-32-39-46-53-60-73(3)4/h73-78,83H,8-72H2,1-7H3,(H,88,89)(H,90,91)/t75?,76-,77-,78-/m1/s1. The number of unbranched alkanes of at least 4 members (excludes halogenated alkanes) is 47. The Morgan fingerprint density at radius 1 is 0.287 bits per heavy atom. The lowest BCUT2D eigenvalue weighted by Gasteiger charge is -2.21. The zero-order chi connectivity index (χ0) is 74.4. The third kappa shape index (κ3) is 74.7. The van der Waals surface area contributed by atoms with E-state index in [2.05, 4.69) is 48.5 Å². The fraction of sp³-hybridized carbons (Fsp3) is 0.951. The van der Waals surface area contributed by atoms with Crippen molar-refractivity contribution in [2.24, 2.45) is 17.8 Å². The van der Waals surface area contributed by atoms with Gasteiger partial charge in [-0.2, -0.15) is 0 Å². The third-order valence-corrected chi connectivity index (χ3v) is 21.4. The van der Waals surface area contributed by atoms with E-state index in [-0.39, 0.29) is 25.7 Å². The monoisotopic (exact) mass is 1480 g/mol. The predicted molar refractivity (Wildman–Crippen MR) is 414 cm³/mol. The van der Waals surface area contributed by atoms with E-state index in [1.807, 2.05) is 0 Å². The van der Waals surface area contributed by atoms with Crippen molar-refractivity contribution < 1.29 is 80.2 Å². The number of aliphatic hydroxyl groups excluding tert-OH is 1. The lowest BCUT2D eigenvalue weighted by Crippen LogP contribution is -2.30. The maximum Gasteiger partial charge on any atom is 0.472 e. The highest BCUT2D eigenvalue weighted by molar-refractivity contribution is 7.47. The first-order chi connectivity index (χ1) is 48.8. The quantitative estimate of drug-likeness (QED) is 0.0222. The fourth-order valence-electron chi connectivity index (χ4n) is 12.6. The molecule has 0 aliphatic rings. The average molecular weight is 1480 g/mol. The number of carbonyl (C=O) groups excluding carboxylic acids is 4. The molecule has 19 heteroatoms. The molecule has 17 nitrogen and oxygen atoms in total. The van der Waals surface area contributed by atoms with Gasteiger partial charge in [0.25, 0.3) is 0 Å². The molecule has 0 aromatic heterocycles. The Morgan fingerprint density at radius 2 is 0.505 bits per heavy atom. The van der Waals surface area contributed by atoms with Crippen molar-refractivity contribution in [3.8, 4) is 0 Å². The van der Waals surface area contributed by atoms with Gasteiger partial charge in [0.15, 0.2) is 12.2 Å². The van der Waals surface area contributed by atoms with Crippen LogP contribution in [0.5, 0.6) is 0 Å². The van der Waals surface area contributed by atoms with Gasteiger partial charge < -0.3 is 33.8 Å². The molecule has 0 aliphatic heterocycles. The Bertz CT molecular complexity index is 1960. The molecule has 0 aromatic rings. The number of esters is 4. The molecular weight excluding hydrogens is 1320 g/mol. The largest absolute Gasteiger partial charge is 0.472 e. The molecule has 0 fully saturated rings. The van der Waals surface area contributed by atoms with Crippen LogP contribution in [0.2, 0.25) is 0 Å². The summed E-state index contributed by atoms with van der Waals surface area (Å²) in [7, 11) is -9.92. The Morgan fingerprint density at radius 3 is 0.752 bits per heavy atom. The minimum absolute atomic E-state index is 0.105. The molecule has 3 N–H and O–H groups in total. The van der Waals surface area contributed by atoms with E-state index in [9.17, 15) is 43.2 Å². The molecule has 600 valence electrons. The van der Waals surface area contributed by atoms with Gasteiger partial charge in [-0.3, -0.25) is 37.3 Å². The molecule has 0 amide bonds. The van der Waals surface area contributed by atoms with E-state index in [1.54, 1.807) is 0 Å². The van der Waals surface area contributed by atoms with Gasteiger partial charge >= 0.3 is 39.5 Å². The van der Waals surface area contributed by atoms with E-state index >= 15 is 0 Å². The van der Waals surface area contributed by atoms with E-state index in [1.165, 1.54) is 238 Å². The fourth-order valence-corrected chi connectivity index (χ4v) is 14.2. The molecule has 0 spiro atoms. The van der Waals surface area contributed by atoms with Crippen LogP contribution in [-0.2, 0) is 65.4 Å². The SMILES string of the molecule is CCCCCCCCCCCCC(=O)OC[C@H](COP(=O)(O)OC[C@H](O)COP(=O)(O)OC[C@@H](COC(=O)CCCCCCCCCCCCCCCCCC(C)C)OC(=O)CCCCCCCCCCCCCCCCCCCCC(C)C)OC(=O)CCCCCCCCCCC(C)CC. The van der Waals surface area contributed by atoms with Crippen LogP contribution in [0.15, 0.2) is 0 Å². The van der Waals surface area contributed by atoms with Crippen molar-refractivity contribution in [1.29, 1.82) is 0 Å². The summed E-state index contributed by atoms with van der Waals surface area (Å²) in [6, 6.07) is 0. The van der Waals surface area contributed by atoms with Crippen molar-refractivity contribution in [2.75, 3.05) is 39.6 Å².